The summed E-state index contributed by atoms with van der Waals surface area (Å²) in [6.45, 7) is 7.37. The SMILES string of the molecule is CCn1c(SCC(=O)NCCc2ccccc2)nnc1C(C)Oc1ccc(C)cc1. The van der Waals surface area contributed by atoms with Crippen LogP contribution in [0.2, 0.25) is 0 Å². The summed E-state index contributed by atoms with van der Waals surface area (Å²) in [4.78, 5) is 12.2. The van der Waals surface area contributed by atoms with Crippen LogP contribution in [-0.2, 0) is 17.8 Å². The van der Waals surface area contributed by atoms with Gasteiger partial charge in [0.25, 0.3) is 0 Å². The van der Waals surface area contributed by atoms with Gasteiger partial charge in [-0.05, 0) is 44.9 Å². The zero-order valence-electron chi connectivity index (χ0n) is 17.7. The van der Waals surface area contributed by atoms with Gasteiger partial charge < -0.3 is 14.6 Å². The summed E-state index contributed by atoms with van der Waals surface area (Å²) in [6, 6.07) is 18.1. The molecule has 7 heteroatoms. The Morgan fingerprint density at radius 3 is 2.57 bits per heavy atom. The number of nitrogens with zero attached hydrogens (tertiary/aromatic N) is 3. The zero-order chi connectivity index (χ0) is 21.3. The molecule has 0 radical (unpaired) electrons. The molecule has 1 heterocycles. The highest BCUT2D eigenvalue weighted by molar-refractivity contribution is 7.99. The molecule has 0 aliphatic carbocycles. The van der Waals surface area contributed by atoms with Crippen molar-refractivity contribution in [2.24, 2.45) is 0 Å². The molecule has 1 unspecified atom stereocenters. The Balaban J connectivity index is 1.51. The number of aromatic nitrogens is 3. The predicted octanol–water partition coefficient (Wildman–Crippen LogP) is 4.20. The molecule has 3 rings (SSSR count). The van der Waals surface area contributed by atoms with Gasteiger partial charge in [-0.3, -0.25) is 4.79 Å². The minimum absolute atomic E-state index is 0.00733. The second kappa shape index (κ2) is 10.8. The highest BCUT2D eigenvalue weighted by Crippen LogP contribution is 2.24. The summed E-state index contributed by atoms with van der Waals surface area (Å²) >= 11 is 1.39. The number of nitrogens with one attached hydrogen (secondary N) is 1. The first kappa shape index (κ1) is 21.9. The van der Waals surface area contributed by atoms with Crippen molar-refractivity contribution < 1.29 is 9.53 Å². The molecule has 0 saturated heterocycles. The van der Waals surface area contributed by atoms with Gasteiger partial charge in [-0.25, -0.2) is 0 Å². The van der Waals surface area contributed by atoms with Crippen LogP contribution in [0.15, 0.2) is 59.8 Å². The minimum Gasteiger partial charge on any atom is -0.483 e. The number of amides is 1. The molecule has 3 aromatic rings. The molecule has 0 bridgehead atoms. The predicted molar refractivity (Wildman–Crippen MR) is 120 cm³/mol. The van der Waals surface area contributed by atoms with Crippen LogP contribution < -0.4 is 10.1 Å². The summed E-state index contributed by atoms with van der Waals surface area (Å²) in [5, 5.41) is 12.3. The quantitative estimate of drug-likeness (QED) is 0.494. The van der Waals surface area contributed by atoms with E-state index in [4.69, 9.17) is 4.74 Å². The number of ether oxygens (including phenoxy) is 1. The molecule has 0 fully saturated rings. The van der Waals surface area contributed by atoms with Crippen molar-refractivity contribution in [1.82, 2.24) is 20.1 Å². The first-order valence-electron chi connectivity index (χ1n) is 10.2. The number of aryl methyl sites for hydroxylation is 1. The molecule has 30 heavy (non-hydrogen) atoms. The molecule has 0 aliphatic rings. The van der Waals surface area contributed by atoms with E-state index in [0.29, 0.717) is 18.8 Å². The van der Waals surface area contributed by atoms with Gasteiger partial charge in [0.05, 0.1) is 5.75 Å². The third kappa shape index (κ3) is 6.10. The highest BCUT2D eigenvalue weighted by atomic mass is 32.2. The average molecular weight is 425 g/mol. The lowest BCUT2D eigenvalue weighted by Crippen LogP contribution is -2.27. The van der Waals surface area contributed by atoms with Gasteiger partial charge in [-0.1, -0.05) is 59.8 Å². The van der Waals surface area contributed by atoms with Crippen LogP contribution in [0.4, 0.5) is 0 Å². The molecule has 158 valence electrons. The fourth-order valence-electron chi connectivity index (χ4n) is 3.05. The monoisotopic (exact) mass is 424 g/mol. The zero-order valence-corrected chi connectivity index (χ0v) is 18.5. The minimum atomic E-state index is -0.241. The van der Waals surface area contributed by atoms with Crippen molar-refractivity contribution in [3.63, 3.8) is 0 Å². The van der Waals surface area contributed by atoms with Gasteiger partial charge in [0, 0.05) is 13.1 Å². The van der Waals surface area contributed by atoms with E-state index in [1.54, 1.807) is 0 Å². The van der Waals surface area contributed by atoms with Crippen LogP contribution in [0, 0.1) is 6.92 Å². The molecule has 6 nitrogen and oxygen atoms in total. The number of thioether (sulfide) groups is 1. The lowest BCUT2D eigenvalue weighted by Gasteiger charge is -2.15. The van der Waals surface area contributed by atoms with Crippen LogP contribution in [0.25, 0.3) is 0 Å². The first-order chi connectivity index (χ1) is 14.6. The third-order valence-electron chi connectivity index (χ3n) is 4.67. The van der Waals surface area contributed by atoms with Crippen molar-refractivity contribution in [2.45, 2.75) is 45.0 Å². The van der Waals surface area contributed by atoms with E-state index in [1.807, 2.05) is 67.8 Å². The molecule has 1 amide bonds. The van der Waals surface area contributed by atoms with Crippen molar-refractivity contribution >= 4 is 17.7 Å². The van der Waals surface area contributed by atoms with Gasteiger partial charge in [-0.2, -0.15) is 0 Å². The normalized spacial score (nSPS) is 11.8. The standard InChI is InChI=1S/C23H28N4O2S/c1-4-27-22(18(3)29-20-12-10-17(2)11-13-20)25-26-23(27)30-16-21(28)24-15-14-19-8-6-5-7-9-19/h5-13,18H,4,14-16H2,1-3H3,(H,24,28). The molecule has 0 spiro atoms. The topological polar surface area (TPSA) is 69.0 Å². The summed E-state index contributed by atoms with van der Waals surface area (Å²) in [5.74, 6) is 1.85. The Morgan fingerprint density at radius 1 is 1.13 bits per heavy atom. The fraction of sp³-hybridized carbons (Fsp3) is 0.348. The van der Waals surface area contributed by atoms with Crippen LogP contribution in [0.1, 0.15) is 36.9 Å². The van der Waals surface area contributed by atoms with Gasteiger partial charge in [-0.15, -0.1) is 10.2 Å². The first-order valence-corrected chi connectivity index (χ1v) is 11.1. The maximum absolute atomic E-state index is 12.2. The number of hydrogen-bond acceptors (Lipinski definition) is 5. The molecule has 1 N–H and O–H groups in total. The Kier molecular flexibility index (Phi) is 7.90. The van der Waals surface area contributed by atoms with Crippen molar-refractivity contribution in [3.05, 3.63) is 71.5 Å². The summed E-state index contributed by atoms with van der Waals surface area (Å²) in [6.07, 6.45) is 0.578. The number of carbonyl (C=O) groups is 1. The van der Waals surface area contributed by atoms with Gasteiger partial charge in [0.2, 0.25) is 5.91 Å². The number of benzene rings is 2. The van der Waals surface area contributed by atoms with Crippen LogP contribution in [0.3, 0.4) is 0 Å². The van der Waals surface area contributed by atoms with Crippen molar-refractivity contribution in [1.29, 1.82) is 0 Å². The summed E-state index contributed by atoms with van der Waals surface area (Å²) in [7, 11) is 0. The van der Waals surface area contributed by atoms with Gasteiger partial charge in [0.1, 0.15) is 5.75 Å². The van der Waals surface area contributed by atoms with E-state index >= 15 is 0 Å². The Hall–Kier alpha value is -2.80. The van der Waals surface area contributed by atoms with Crippen LogP contribution in [0.5, 0.6) is 5.75 Å². The van der Waals surface area contributed by atoms with E-state index in [0.717, 1.165) is 23.2 Å². The van der Waals surface area contributed by atoms with Crippen molar-refractivity contribution in [3.8, 4) is 5.75 Å². The Labute approximate surface area is 182 Å². The molecule has 2 aromatic carbocycles. The third-order valence-corrected chi connectivity index (χ3v) is 5.64. The number of carbonyl (C=O) groups excluding carboxylic acids is 1. The molecule has 1 atom stereocenters. The van der Waals surface area contributed by atoms with Crippen LogP contribution >= 0.6 is 11.8 Å². The average Bonchev–Trinajstić information content (AvgIpc) is 3.18. The van der Waals surface area contributed by atoms with Gasteiger partial charge in [0.15, 0.2) is 17.1 Å². The highest BCUT2D eigenvalue weighted by Gasteiger charge is 2.19. The second-order valence-electron chi connectivity index (χ2n) is 7.03. The number of rotatable bonds is 10. The number of hydrogen-bond donors (Lipinski definition) is 1. The van der Waals surface area contributed by atoms with E-state index < -0.39 is 0 Å². The summed E-state index contributed by atoms with van der Waals surface area (Å²) < 4.78 is 8.02. The molecular formula is C23H28N4O2S. The lowest BCUT2D eigenvalue weighted by atomic mass is 10.1. The Morgan fingerprint density at radius 2 is 1.87 bits per heavy atom. The molecule has 0 saturated carbocycles. The lowest BCUT2D eigenvalue weighted by molar-refractivity contribution is -0.118. The summed E-state index contributed by atoms with van der Waals surface area (Å²) in [5.41, 5.74) is 2.40. The van der Waals surface area contributed by atoms with E-state index in [2.05, 4.69) is 27.6 Å². The van der Waals surface area contributed by atoms with E-state index in [9.17, 15) is 4.79 Å². The fourth-order valence-corrected chi connectivity index (χ4v) is 3.89. The molecular weight excluding hydrogens is 396 g/mol. The second-order valence-corrected chi connectivity index (χ2v) is 7.97. The smallest absolute Gasteiger partial charge is 0.230 e. The van der Waals surface area contributed by atoms with E-state index in [1.165, 1.54) is 22.9 Å². The molecule has 1 aromatic heterocycles. The molecule has 0 aliphatic heterocycles. The van der Waals surface area contributed by atoms with Gasteiger partial charge >= 0.3 is 0 Å². The van der Waals surface area contributed by atoms with Crippen LogP contribution in [-0.4, -0.2) is 33.0 Å². The largest absolute Gasteiger partial charge is 0.483 e. The maximum Gasteiger partial charge on any atom is 0.230 e. The van der Waals surface area contributed by atoms with Crippen molar-refractivity contribution in [2.75, 3.05) is 12.3 Å². The van der Waals surface area contributed by atoms with E-state index in [-0.39, 0.29) is 12.0 Å². The maximum atomic E-state index is 12.2. The Bertz CT molecular complexity index is 942.